The van der Waals surface area contributed by atoms with Gasteiger partial charge in [-0.2, -0.15) is 0 Å². The van der Waals surface area contributed by atoms with Crippen molar-refractivity contribution in [3.05, 3.63) is 24.8 Å². The van der Waals surface area contributed by atoms with Crippen molar-refractivity contribution in [1.29, 1.82) is 0 Å². The second-order valence-electron chi connectivity index (χ2n) is 2.60. The summed E-state index contributed by atoms with van der Waals surface area (Å²) in [4.78, 5) is 0. The molecule has 0 aromatic carbocycles. The highest BCUT2D eigenvalue weighted by atomic mass is 19.1. The van der Waals surface area contributed by atoms with Crippen molar-refractivity contribution in [2.45, 2.75) is 32.1 Å². The maximum Gasteiger partial charge on any atom is 0.0928 e. The SMILES string of the molecule is C=C(F)CCCCCC(=C)F. The molecule has 0 aliphatic heterocycles. The monoisotopic (exact) mass is 160 g/mol. The van der Waals surface area contributed by atoms with E-state index in [9.17, 15) is 8.78 Å². The average Bonchev–Trinajstić information content (AvgIpc) is 1.85. The molecule has 0 N–H and O–H groups in total. The summed E-state index contributed by atoms with van der Waals surface area (Å²) in [5.41, 5.74) is 0. The van der Waals surface area contributed by atoms with Crippen molar-refractivity contribution in [1.82, 2.24) is 0 Å². The van der Waals surface area contributed by atoms with Crippen LogP contribution < -0.4 is 0 Å². The predicted molar refractivity (Wildman–Crippen MR) is 43.6 cm³/mol. The Morgan fingerprint density at radius 3 is 1.45 bits per heavy atom. The molecule has 0 heterocycles. The Morgan fingerprint density at radius 1 is 0.818 bits per heavy atom. The van der Waals surface area contributed by atoms with Crippen LogP contribution in [0.3, 0.4) is 0 Å². The molecule has 0 spiro atoms. The minimum Gasteiger partial charge on any atom is -0.212 e. The van der Waals surface area contributed by atoms with E-state index in [-0.39, 0.29) is 11.7 Å². The molecule has 0 aliphatic carbocycles. The Balaban J connectivity index is 3.03. The summed E-state index contributed by atoms with van der Waals surface area (Å²) >= 11 is 0. The van der Waals surface area contributed by atoms with Gasteiger partial charge in [0.2, 0.25) is 0 Å². The van der Waals surface area contributed by atoms with Crippen LogP contribution in [-0.2, 0) is 0 Å². The zero-order valence-corrected chi connectivity index (χ0v) is 6.71. The van der Waals surface area contributed by atoms with Crippen molar-refractivity contribution >= 4 is 0 Å². The van der Waals surface area contributed by atoms with Gasteiger partial charge in [0.05, 0.1) is 11.7 Å². The van der Waals surface area contributed by atoms with E-state index >= 15 is 0 Å². The highest BCUT2D eigenvalue weighted by Gasteiger charge is 1.93. The van der Waals surface area contributed by atoms with Gasteiger partial charge in [0.1, 0.15) is 0 Å². The highest BCUT2D eigenvalue weighted by molar-refractivity contribution is 4.81. The summed E-state index contributed by atoms with van der Waals surface area (Å²) in [5, 5.41) is 0. The third-order valence-corrected chi connectivity index (χ3v) is 1.40. The van der Waals surface area contributed by atoms with Crippen LogP contribution in [-0.4, -0.2) is 0 Å². The summed E-state index contributed by atoms with van der Waals surface area (Å²) in [6.07, 6.45) is 3.15. The lowest BCUT2D eigenvalue weighted by molar-refractivity contribution is 0.533. The highest BCUT2D eigenvalue weighted by Crippen LogP contribution is 2.11. The van der Waals surface area contributed by atoms with E-state index in [0.29, 0.717) is 12.8 Å². The summed E-state index contributed by atoms with van der Waals surface area (Å²) < 4.78 is 24.0. The maximum atomic E-state index is 12.0. The fourth-order valence-electron chi connectivity index (χ4n) is 0.810. The van der Waals surface area contributed by atoms with Crippen LogP contribution >= 0.6 is 0 Å². The van der Waals surface area contributed by atoms with Crippen molar-refractivity contribution < 1.29 is 8.78 Å². The molecular weight excluding hydrogens is 146 g/mol. The van der Waals surface area contributed by atoms with Gasteiger partial charge in [-0.25, -0.2) is 8.78 Å². The van der Waals surface area contributed by atoms with E-state index < -0.39 is 0 Å². The van der Waals surface area contributed by atoms with Crippen molar-refractivity contribution in [3.8, 4) is 0 Å². The second kappa shape index (κ2) is 6.08. The van der Waals surface area contributed by atoms with Gasteiger partial charge in [-0.15, -0.1) is 0 Å². The Labute approximate surface area is 66.6 Å². The first-order valence-corrected chi connectivity index (χ1v) is 3.79. The molecule has 0 bridgehead atoms. The number of rotatable bonds is 6. The topological polar surface area (TPSA) is 0 Å². The summed E-state index contributed by atoms with van der Waals surface area (Å²) in [5.74, 6) is -0.576. The first-order chi connectivity index (χ1) is 5.13. The third kappa shape index (κ3) is 9.34. The van der Waals surface area contributed by atoms with Crippen LogP contribution in [0.15, 0.2) is 24.8 Å². The van der Waals surface area contributed by atoms with Gasteiger partial charge in [-0.1, -0.05) is 19.6 Å². The van der Waals surface area contributed by atoms with E-state index in [1.807, 2.05) is 0 Å². The minimum atomic E-state index is -0.288. The largest absolute Gasteiger partial charge is 0.212 e. The van der Waals surface area contributed by atoms with Crippen LogP contribution in [0.4, 0.5) is 8.78 Å². The number of hydrogen-bond acceptors (Lipinski definition) is 0. The van der Waals surface area contributed by atoms with E-state index in [2.05, 4.69) is 13.2 Å². The van der Waals surface area contributed by atoms with Gasteiger partial charge >= 0.3 is 0 Å². The zero-order valence-electron chi connectivity index (χ0n) is 6.71. The van der Waals surface area contributed by atoms with E-state index in [1.165, 1.54) is 0 Å². The molecule has 0 rings (SSSR count). The maximum absolute atomic E-state index is 12.0. The molecule has 64 valence electrons. The number of unbranched alkanes of at least 4 members (excludes halogenated alkanes) is 2. The molecule has 0 saturated heterocycles. The van der Waals surface area contributed by atoms with Crippen LogP contribution in [0.25, 0.3) is 0 Å². The van der Waals surface area contributed by atoms with E-state index in [0.717, 1.165) is 19.3 Å². The Morgan fingerprint density at radius 2 is 1.18 bits per heavy atom. The number of halogens is 2. The normalized spacial score (nSPS) is 9.64. The molecule has 0 amide bonds. The molecule has 0 aromatic rings. The first-order valence-electron chi connectivity index (χ1n) is 3.79. The average molecular weight is 160 g/mol. The van der Waals surface area contributed by atoms with Gasteiger partial charge in [0, 0.05) is 0 Å². The van der Waals surface area contributed by atoms with Gasteiger partial charge < -0.3 is 0 Å². The number of allylic oxidation sites excluding steroid dienone is 2. The summed E-state index contributed by atoms with van der Waals surface area (Å²) in [6, 6.07) is 0. The molecule has 0 unspecified atom stereocenters. The van der Waals surface area contributed by atoms with Crippen LogP contribution in [0.1, 0.15) is 32.1 Å². The van der Waals surface area contributed by atoms with E-state index in [4.69, 9.17) is 0 Å². The lowest BCUT2D eigenvalue weighted by Gasteiger charge is -1.96. The van der Waals surface area contributed by atoms with Crippen LogP contribution in [0.2, 0.25) is 0 Å². The lowest BCUT2D eigenvalue weighted by atomic mass is 10.1. The van der Waals surface area contributed by atoms with Crippen molar-refractivity contribution in [2.75, 3.05) is 0 Å². The molecule has 0 aromatic heterocycles. The smallest absolute Gasteiger partial charge is 0.0928 e. The molecular formula is C9H14F2. The fourth-order valence-corrected chi connectivity index (χ4v) is 0.810. The quantitative estimate of drug-likeness (QED) is 0.517. The van der Waals surface area contributed by atoms with Gasteiger partial charge in [0.15, 0.2) is 0 Å². The van der Waals surface area contributed by atoms with Gasteiger partial charge in [-0.3, -0.25) is 0 Å². The predicted octanol–water partition coefficient (Wildman–Crippen LogP) is 3.90. The number of hydrogen-bond donors (Lipinski definition) is 0. The van der Waals surface area contributed by atoms with Crippen molar-refractivity contribution in [2.24, 2.45) is 0 Å². The molecule has 0 saturated carbocycles. The Hall–Kier alpha value is -0.660. The molecule has 0 radical (unpaired) electrons. The standard InChI is InChI=1S/C9H14F2/c1-8(10)6-4-3-5-7-9(2)11/h1-7H2. The first kappa shape index (κ1) is 10.3. The summed E-state index contributed by atoms with van der Waals surface area (Å²) in [6.45, 7) is 6.26. The Kier molecular flexibility index (Phi) is 5.71. The van der Waals surface area contributed by atoms with Crippen LogP contribution in [0.5, 0.6) is 0 Å². The van der Waals surface area contributed by atoms with Gasteiger partial charge in [-0.05, 0) is 25.7 Å². The molecule has 0 aliphatic rings. The minimum absolute atomic E-state index is 0.288. The Bertz CT molecular complexity index is 122. The third-order valence-electron chi connectivity index (χ3n) is 1.40. The van der Waals surface area contributed by atoms with E-state index in [1.54, 1.807) is 0 Å². The summed E-state index contributed by atoms with van der Waals surface area (Å²) in [7, 11) is 0. The molecule has 0 atom stereocenters. The lowest BCUT2D eigenvalue weighted by Crippen LogP contribution is -1.79. The van der Waals surface area contributed by atoms with Gasteiger partial charge in [0.25, 0.3) is 0 Å². The molecule has 11 heavy (non-hydrogen) atoms. The van der Waals surface area contributed by atoms with Crippen LogP contribution in [0, 0.1) is 0 Å². The fraction of sp³-hybridized carbons (Fsp3) is 0.556. The molecule has 0 fully saturated rings. The zero-order chi connectivity index (χ0) is 8.69. The second-order valence-corrected chi connectivity index (χ2v) is 2.60. The van der Waals surface area contributed by atoms with Crippen molar-refractivity contribution in [3.63, 3.8) is 0 Å². The molecule has 0 nitrogen and oxygen atoms in total. The molecule has 2 heteroatoms.